The van der Waals surface area contributed by atoms with Gasteiger partial charge < -0.3 is 19.2 Å². The molecule has 3 aromatic heterocycles. The van der Waals surface area contributed by atoms with Gasteiger partial charge in [-0.2, -0.15) is 0 Å². The van der Waals surface area contributed by atoms with Crippen LogP contribution >= 0.6 is 0 Å². The molecule has 0 spiro atoms. The molecule has 1 aliphatic heterocycles. The third-order valence-electron chi connectivity index (χ3n) is 6.20. The highest BCUT2D eigenvalue weighted by Crippen LogP contribution is 2.33. The number of nitrogens with zero attached hydrogens (tertiary/aromatic N) is 4. The number of carbonyl (C=O) groups excluding carboxylic acids is 2. The predicted molar refractivity (Wildman–Crippen MR) is 136 cm³/mol. The van der Waals surface area contributed by atoms with Gasteiger partial charge in [0.05, 0.1) is 28.9 Å². The summed E-state index contributed by atoms with van der Waals surface area (Å²) >= 11 is 0. The Morgan fingerprint density at radius 3 is 2.61 bits per heavy atom. The number of aryl methyl sites for hydroxylation is 1. The lowest BCUT2D eigenvalue weighted by molar-refractivity contribution is 0.0792. The van der Waals surface area contributed by atoms with Crippen LogP contribution < -0.4 is 10.9 Å². The fourth-order valence-electron chi connectivity index (χ4n) is 4.31. The molecule has 1 aliphatic rings. The summed E-state index contributed by atoms with van der Waals surface area (Å²) in [6.45, 7) is 3.49. The van der Waals surface area contributed by atoms with E-state index in [-0.39, 0.29) is 24.0 Å². The first-order valence-electron chi connectivity index (χ1n) is 11.8. The van der Waals surface area contributed by atoms with Crippen molar-refractivity contribution in [3.8, 4) is 22.4 Å². The molecule has 0 radical (unpaired) electrons. The molecule has 10 nitrogen and oxygen atoms in total. The average Bonchev–Trinajstić information content (AvgIpc) is 3.55. The molecule has 0 unspecified atom stereocenters. The highest BCUT2D eigenvalue weighted by molar-refractivity contribution is 5.98. The Hall–Kier alpha value is -4.47. The van der Waals surface area contributed by atoms with Crippen LogP contribution in [-0.4, -0.2) is 56.1 Å². The van der Waals surface area contributed by atoms with Gasteiger partial charge in [0, 0.05) is 44.2 Å². The lowest BCUT2D eigenvalue weighted by Crippen LogP contribution is -2.27. The second-order valence-corrected chi connectivity index (χ2v) is 8.65. The summed E-state index contributed by atoms with van der Waals surface area (Å²) in [5, 5.41) is 2.59. The van der Waals surface area contributed by atoms with Gasteiger partial charge in [0.25, 0.3) is 11.5 Å². The van der Waals surface area contributed by atoms with E-state index in [0.717, 1.165) is 37.1 Å². The van der Waals surface area contributed by atoms with E-state index in [1.165, 1.54) is 4.57 Å². The minimum Gasteiger partial charge on any atom is -0.450 e. The number of anilines is 1. The van der Waals surface area contributed by atoms with Crippen molar-refractivity contribution in [1.29, 1.82) is 0 Å². The first-order chi connectivity index (χ1) is 17.4. The Kier molecular flexibility index (Phi) is 6.24. The van der Waals surface area contributed by atoms with Crippen LogP contribution in [0.2, 0.25) is 0 Å². The highest BCUT2D eigenvalue weighted by atomic mass is 16.5. The van der Waals surface area contributed by atoms with E-state index in [2.05, 4.69) is 20.3 Å². The highest BCUT2D eigenvalue weighted by Gasteiger charge is 2.20. The minimum absolute atomic E-state index is 0.0220. The quantitative estimate of drug-likeness (QED) is 0.443. The zero-order valence-electron chi connectivity index (χ0n) is 20.1. The third kappa shape index (κ3) is 4.57. The number of H-pyrrole nitrogens is 1. The molecule has 2 amide bonds. The van der Waals surface area contributed by atoms with Crippen LogP contribution in [0.5, 0.6) is 0 Å². The van der Waals surface area contributed by atoms with Crippen molar-refractivity contribution in [2.75, 3.05) is 25.0 Å². The molecule has 4 heterocycles. The molecule has 0 bridgehead atoms. The number of amides is 2. The van der Waals surface area contributed by atoms with Crippen molar-refractivity contribution in [3.63, 3.8) is 0 Å². The van der Waals surface area contributed by atoms with Crippen LogP contribution in [-0.2, 0) is 11.8 Å². The maximum Gasteiger partial charge on any atom is 0.413 e. The second kappa shape index (κ2) is 9.65. The van der Waals surface area contributed by atoms with E-state index in [1.807, 2.05) is 23.1 Å². The van der Waals surface area contributed by atoms with Crippen LogP contribution in [0.25, 0.3) is 33.4 Å². The summed E-state index contributed by atoms with van der Waals surface area (Å²) in [5.74, 6) is 0.206. The molecule has 1 saturated heterocycles. The number of fused-ring (bicyclic) bond motifs is 1. The molecule has 0 aliphatic carbocycles. The minimum atomic E-state index is -0.618. The summed E-state index contributed by atoms with van der Waals surface area (Å²) in [6, 6.07) is 10.7. The number of imidazole rings is 1. The number of ether oxygens (including phenoxy) is 1. The van der Waals surface area contributed by atoms with Gasteiger partial charge >= 0.3 is 6.09 Å². The molecular formula is C26H26N6O4. The molecule has 1 fully saturated rings. The van der Waals surface area contributed by atoms with Crippen LogP contribution in [0.15, 0.2) is 53.6 Å². The standard InChI is InChI=1S/C26H26N6O4/c1-3-36-26(35)30-25-28-21-13-18(16-8-11-31(2)22(33)14-16)12-19(23(21)29-25)20-7-6-17(15-27-20)24(34)32-9-4-5-10-32/h6-8,11-15H,3-5,9-10H2,1-2H3,(H2,28,29,30,35). The van der Waals surface area contributed by atoms with Crippen molar-refractivity contribution in [2.45, 2.75) is 19.8 Å². The fourth-order valence-corrected chi connectivity index (χ4v) is 4.31. The largest absolute Gasteiger partial charge is 0.450 e. The second-order valence-electron chi connectivity index (χ2n) is 8.65. The number of hydrogen-bond acceptors (Lipinski definition) is 6. The smallest absolute Gasteiger partial charge is 0.413 e. The van der Waals surface area contributed by atoms with Gasteiger partial charge in [-0.1, -0.05) is 0 Å². The predicted octanol–water partition coefficient (Wildman–Crippen LogP) is 3.80. The van der Waals surface area contributed by atoms with Crippen molar-refractivity contribution >= 4 is 29.0 Å². The van der Waals surface area contributed by atoms with Crippen molar-refractivity contribution in [2.24, 2.45) is 7.05 Å². The fraction of sp³-hybridized carbons (Fsp3) is 0.269. The zero-order chi connectivity index (χ0) is 25.2. The van der Waals surface area contributed by atoms with E-state index in [4.69, 9.17) is 4.74 Å². The number of likely N-dealkylation sites (tertiary alicyclic amines) is 1. The molecular weight excluding hydrogens is 460 g/mol. The number of pyridine rings is 2. The summed E-state index contributed by atoms with van der Waals surface area (Å²) in [5.41, 5.74) is 4.44. The molecule has 5 rings (SSSR count). The van der Waals surface area contributed by atoms with Gasteiger partial charge in [0.2, 0.25) is 5.95 Å². The maximum atomic E-state index is 12.7. The van der Waals surface area contributed by atoms with E-state index < -0.39 is 6.09 Å². The number of carbonyl (C=O) groups is 2. The summed E-state index contributed by atoms with van der Waals surface area (Å²) < 4.78 is 6.45. The number of benzene rings is 1. The monoisotopic (exact) mass is 486 g/mol. The molecule has 4 aromatic rings. The number of aromatic amines is 1. The Bertz CT molecular complexity index is 1500. The average molecular weight is 487 g/mol. The van der Waals surface area contributed by atoms with Gasteiger partial charge in [0.1, 0.15) is 0 Å². The molecule has 0 saturated carbocycles. The topological polar surface area (TPSA) is 122 Å². The number of hydrogen-bond donors (Lipinski definition) is 2. The van der Waals surface area contributed by atoms with Gasteiger partial charge in [-0.25, -0.2) is 9.78 Å². The normalized spacial score (nSPS) is 13.2. The van der Waals surface area contributed by atoms with Crippen molar-refractivity contribution in [3.05, 3.63) is 64.7 Å². The lowest BCUT2D eigenvalue weighted by Gasteiger charge is -2.15. The summed E-state index contributed by atoms with van der Waals surface area (Å²) in [4.78, 5) is 51.0. The molecule has 2 N–H and O–H groups in total. The number of aromatic nitrogens is 4. The van der Waals surface area contributed by atoms with Crippen molar-refractivity contribution in [1.82, 2.24) is 24.4 Å². The Morgan fingerprint density at radius 1 is 1.11 bits per heavy atom. The third-order valence-corrected chi connectivity index (χ3v) is 6.20. The number of rotatable bonds is 5. The van der Waals surface area contributed by atoms with Gasteiger partial charge in [-0.3, -0.25) is 19.9 Å². The van der Waals surface area contributed by atoms with Crippen LogP contribution in [0.1, 0.15) is 30.1 Å². The molecule has 10 heteroatoms. The van der Waals surface area contributed by atoms with Crippen molar-refractivity contribution < 1.29 is 14.3 Å². The van der Waals surface area contributed by atoms with E-state index in [0.29, 0.717) is 27.9 Å². The van der Waals surface area contributed by atoms with E-state index >= 15 is 0 Å². The molecule has 184 valence electrons. The first kappa shape index (κ1) is 23.3. The Balaban J connectivity index is 1.58. The number of nitrogens with one attached hydrogen (secondary N) is 2. The lowest BCUT2D eigenvalue weighted by atomic mass is 10.00. The van der Waals surface area contributed by atoms with E-state index in [1.54, 1.807) is 44.6 Å². The van der Waals surface area contributed by atoms with Gasteiger partial charge in [0.15, 0.2) is 0 Å². The Morgan fingerprint density at radius 2 is 1.92 bits per heavy atom. The van der Waals surface area contributed by atoms with Crippen LogP contribution in [0.4, 0.5) is 10.7 Å². The van der Waals surface area contributed by atoms with Gasteiger partial charge in [-0.15, -0.1) is 0 Å². The molecule has 36 heavy (non-hydrogen) atoms. The Labute approximate surface area is 206 Å². The maximum absolute atomic E-state index is 12.7. The zero-order valence-corrected chi connectivity index (χ0v) is 20.1. The summed E-state index contributed by atoms with van der Waals surface area (Å²) in [6.07, 6.45) is 4.71. The summed E-state index contributed by atoms with van der Waals surface area (Å²) in [7, 11) is 1.69. The SMILES string of the molecule is CCOC(=O)Nc1nc2c(-c3ccc(C(=O)N4CCCC4)cn3)cc(-c3ccn(C)c(=O)c3)cc2[nH]1. The van der Waals surface area contributed by atoms with Crippen LogP contribution in [0.3, 0.4) is 0 Å². The van der Waals surface area contributed by atoms with Crippen LogP contribution in [0, 0.1) is 0 Å². The molecule has 0 atom stereocenters. The molecule has 1 aromatic carbocycles. The van der Waals surface area contributed by atoms with E-state index in [9.17, 15) is 14.4 Å². The van der Waals surface area contributed by atoms with Gasteiger partial charge in [-0.05, 0) is 61.2 Å². The first-order valence-corrected chi connectivity index (χ1v) is 11.8.